The lowest BCUT2D eigenvalue weighted by Crippen LogP contribution is -2.47. The third kappa shape index (κ3) is 12.6. The molecule has 1 heterocycles. The summed E-state index contributed by atoms with van der Waals surface area (Å²) in [7, 11) is 0. The van der Waals surface area contributed by atoms with Gasteiger partial charge in [0.2, 0.25) is 12.2 Å². The molecule has 1 aromatic heterocycles. The molecule has 13 heteroatoms. The fraction of sp³-hybridized carbons (Fsp3) is 0.545. The van der Waals surface area contributed by atoms with Gasteiger partial charge in [-0.15, -0.1) is 5.10 Å². The molecule has 4 unspecified atom stereocenters. The predicted octanol–water partition coefficient (Wildman–Crippen LogP) is 3.93. The molecule has 0 radical (unpaired) electrons. The van der Waals surface area contributed by atoms with Crippen molar-refractivity contribution in [3.8, 4) is 5.88 Å². The lowest BCUT2D eigenvalue weighted by atomic mass is 9.95. The van der Waals surface area contributed by atoms with E-state index >= 15 is 0 Å². The number of hydrogen-bond acceptors (Lipinski definition) is 12. The van der Waals surface area contributed by atoms with E-state index in [1.54, 1.807) is 6.92 Å². The molecule has 0 bridgehead atoms. The minimum absolute atomic E-state index is 0.0416. The van der Waals surface area contributed by atoms with E-state index in [1.807, 2.05) is 51.1 Å². The third-order valence-electron chi connectivity index (χ3n) is 6.68. The molecule has 2 N–H and O–H groups in total. The van der Waals surface area contributed by atoms with E-state index in [1.165, 1.54) is 27.7 Å². The van der Waals surface area contributed by atoms with Crippen molar-refractivity contribution in [2.45, 2.75) is 98.8 Å². The first kappa shape index (κ1) is 38.0. The molecular formula is C33H46N2O11. The van der Waals surface area contributed by atoms with E-state index in [4.69, 9.17) is 33.5 Å². The summed E-state index contributed by atoms with van der Waals surface area (Å²) in [5.74, 6) is -2.33. The number of benzene rings is 1. The molecular weight excluding hydrogens is 600 g/mol. The summed E-state index contributed by atoms with van der Waals surface area (Å²) in [6, 6.07) is 6.04. The first-order chi connectivity index (χ1) is 21.7. The van der Waals surface area contributed by atoms with Crippen molar-refractivity contribution < 1.29 is 52.7 Å². The van der Waals surface area contributed by atoms with Gasteiger partial charge in [-0.3, -0.25) is 24.3 Å². The molecule has 46 heavy (non-hydrogen) atoms. The van der Waals surface area contributed by atoms with Crippen LogP contribution in [0.1, 0.15) is 88.8 Å². The summed E-state index contributed by atoms with van der Waals surface area (Å²) in [6.07, 6.45) is 0.129. The summed E-state index contributed by atoms with van der Waals surface area (Å²) in [5, 5.41) is 16.5. The van der Waals surface area contributed by atoms with Crippen LogP contribution in [0.15, 0.2) is 24.3 Å². The normalized spacial score (nSPS) is 14.0. The Kier molecular flexibility index (Phi) is 15.4. The maximum atomic E-state index is 11.9. The number of carbonyl (C=O) groups is 4. The van der Waals surface area contributed by atoms with E-state index in [2.05, 4.69) is 10.2 Å². The van der Waals surface area contributed by atoms with Crippen molar-refractivity contribution in [2.24, 2.45) is 0 Å². The van der Waals surface area contributed by atoms with Crippen molar-refractivity contribution in [2.75, 3.05) is 19.8 Å². The maximum Gasteiger partial charge on any atom is 0.303 e. The van der Waals surface area contributed by atoms with Crippen molar-refractivity contribution in [3.63, 3.8) is 0 Å². The summed E-state index contributed by atoms with van der Waals surface area (Å²) in [5.41, 5.74) is 4.62. The van der Waals surface area contributed by atoms with Crippen LogP contribution in [-0.2, 0) is 49.3 Å². The fourth-order valence-electron chi connectivity index (χ4n) is 4.51. The Hall–Kier alpha value is -4.23. The number of rotatable bonds is 18. The van der Waals surface area contributed by atoms with Gasteiger partial charge < -0.3 is 33.5 Å². The number of aromatic amines is 1. The van der Waals surface area contributed by atoms with Crippen LogP contribution in [-0.4, -0.2) is 83.6 Å². The second-order valence-electron chi connectivity index (χ2n) is 11.1. The van der Waals surface area contributed by atoms with Crippen LogP contribution < -0.4 is 4.74 Å². The number of ether oxygens (including phenoxy) is 6. The highest BCUT2D eigenvalue weighted by Gasteiger charge is 2.35. The topological polar surface area (TPSA) is 173 Å². The number of aliphatic hydroxyl groups is 1. The van der Waals surface area contributed by atoms with Gasteiger partial charge in [0, 0.05) is 52.0 Å². The Morgan fingerprint density at radius 3 is 2.09 bits per heavy atom. The number of H-pyrrole nitrogens is 1. The van der Waals surface area contributed by atoms with E-state index < -0.39 is 61.7 Å². The highest BCUT2D eigenvalue weighted by molar-refractivity contribution is 5.67. The molecule has 0 amide bonds. The second kappa shape index (κ2) is 18.7. The first-order valence-corrected chi connectivity index (χ1v) is 15.1. The zero-order valence-corrected chi connectivity index (χ0v) is 27.8. The number of esters is 4. The Balaban J connectivity index is 2.51. The molecule has 2 rings (SSSR count). The van der Waals surface area contributed by atoms with Gasteiger partial charge in [-0.2, -0.15) is 0 Å². The van der Waals surface area contributed by atoms with Gasteiger partial charge >= 0.3 is 23.9 Å². The Labute approximate surface area is 269 Å². The third-order valence-corrected chi connectivity index (χ3v) is 6.68. The van der Waals surface area contributed by atoms with Crippen LogP contribution in [0.25, 0.3) is 6.08 Å². The lowest BCUT2D eigenvalue weighted by molar-refractivity contribution is -0.222. The van der Waals surface area contributed by atoms with Gasteiger partial charge in [0.25, 0.3) is 0 Å². The van der Waals surface area contributed by atoms with Crippen LogP contribution in [0.5, 0.6) is 5.88 Å². The molecule has 0 aliphatic carbocycles. The summed E-state index contributed by atoms with van der Waals surface area (Å²) >= 11 is 0. The minimum atomic E-state index is -1.33. The van der Waals surface area contributed by atoms with Gasteiger partial charge in [-0.25, -0.2) is 0 Å². The number of aryl methyl sites for hydroxylation is 1. The number of nitrogens with zero attached hydrogens (tertiary/aromatic N) is 1. The van der Waals surface area contributed by atoms with Gasteiger partial charge in [-0.05, 0) is 42.9 Å². The minimum Gasteiger partial charge on any atom is -0.463 e. The monoisotopic (exact) mass is 646 g/mol. The highest BCUT2D eigenvalue weighted by Crippen LogP contribution is 2.31. The van der Waals surface area contributed by atoms with Crippen molar-refractivity contribution >= 4 is 30.0 Å². The Bertz CT molecular complexity index is 1350. The van der Waals surface area contributed by atoms with E-state index in [-0.39, 0.29) is 18.4 Å². The lowest BCUT2D eigenvalue weighted by Gasteiger charge is -2.32. The molecule has 0 fully saturated rings. The molecule has 13 nitrogen and oxygen atoms in total. The standard InChI is InChI=1S/C33H46N2O11/c1-19(2)31-28(16-27-13-12-26(15-20(27)3)11-9-10-14-36)32(35-34-31)46-33(21(4)43-24(7)39)45-30(18-42-23(6)38)29(44-25(8)40)17-41-22(5)37/h9,11-13,15,19,21,29-30,33,36H,10,14,16-18H2,1-8H3,(H,34,35). The van der Waals surface area contributed by atoms with E-state index in [0.29, 0.717) is 12.8 Å². The van der Waals surface area contributed by atoms with E-state index in [0.717, 1.165) is 27.9 Å². The Morgan fingerprint density at radius 2 is 1.54 bits per heavy atom. The average Bonchev–Trinajstić information content (AvgIpc) is 3.35. The molecule has 0 aliphatic rings. The molecule has 254 valence electrons. The second-order valence-corrected chi connectivity index (χ2v) is 11.1. The molecule has 0 saturated carbocycles. The number of hydrogen-bond donors (Lipinski definition) is 2. The SMILES string of the molecule is CC(=O)OCC(OC(C)=O)C(COC(C)=O)OC(Oc1n[nH]c(C(C)C)c1Cc1ccc(C=CCCO)cc1C)C(C)OC(C)=O. The maximum absolute atomic E-state index is 11.9. The summed E-state index contributed by atoms with van der Waals surface area (Å²) in [4.78, 5) is 47.2. The smallest absolute Gasteiger partial charge is 0.303 e. The van der Waals surface area contributed by atoms with Crippen LogP contribution in [0.2, 0.25) is 0 Å². The van der Waals surface area contributed by atoms with Gasteiger partial charge in [0.05, 0.1) is 0 Å². The van der Waals surface area contributed by atoms with Crippen molar-refractivity contribution in [1.29, 1.82) is 0 Å². The van der Waals surface area contributed by atoms with Crippen LogP contribution in [0.4, 0.5) is 0 Å². The van der Waals surface area contributed by atoms with Crippen molar-refractivity contribution in [1.82, 2.24) is 10.2 Å². The molecule has 0 spiro atoms. The molecule has 1 aromatic carbocycles. The number of carbonyl (C=O) groups excluding carboxylic acids is 4. The first-order valence-electron chi connectivity index (χ1n) is 15.1. The molecule has 2 aromatic rings. The number of aromatic nitrogens is 2. The van der Waals surface area contributed by atoms with Gasteiger partial charge in [0.1, 0.15) is 19.3 Å². The van der Waals surface area contributed by atoms with Gasteiger partial charge in [0.15, 0.2) is 12.2 Å². The summed E-state index contributed by atoms with van der Waals surface area (Å²) < 4.78 is 33.5. The van der Waals surface area contributed by atoms with E-state index in [9.17, 15) is 19.2 Å². The zero-order chi connectivity index (χ0) is 34.4. The molecule has 4 atom stereocenters. The van der Waals surface area contributed by atoms with Crippen LogP contribution in [0, 0.1) is 6.92 Å². The highest BCUT2D eigenvalue weighted by atomic mass is 16.7. The quantitative estimate of drug-likeness (QED) is 0.136. The zero-order valence-electron chi connectivity index (χ0n) is 27.8. The van der Waals surface area contributed by atoms with Crippen LogP contribution >= 0.6 is 0 Å². The Morgan fingerprint density at radius 1 is 0.913 bits per heavy atom. The predicted molar refractivity (Wildman–Crippen MR) is 167 cm³/mol. The largest absolute Gasteiger partial charge is 0.463 e. The number of nitrogens with one attached hydrogen (secondary N) is 1. The van der Waals surface area contributed by atoms with Crippen LogP contribution in [0.3, 0.4) is 0 Å². The number of aliphatic hydroxyl groups excluding tert-OH is 1. The molecule has 0 saturated heterocycles. The summed E-state index contributed by atoms with van der Waals surface area (Å²) in [6.45, 7) is 11.6. The average molecular weight is 647 g/mol. The molecule has 0 aliphatic heterocycles. The van der Waals surface area contributed by atoms with Crippen molar-refractivity contribution in [3.05, 3.63) is 52.2 Å². The fourth-order valence-corrected chi connectivity index (χ4v) is 4.51. The van der Waals surface area contributed by atoms with Gasteiger partial charge in [-0.1, -0.05) is 44.2 Å².